The van der Waals surface area contributed by atoms with Crippen LogP contribution in [0.3, 0.4) is 0 Å². The van der Waals surface area contributed by atoms with Crippen molar-refractivity contribution in [1.82, 2.24) is 15.1 Å². The summed E-state index contributed by atoms with van der Waals surface area (Å²) in [6.45, 7) is 4.25. The van der Waals surface area contributed by atoms with Crippen molar-refractivity contribution >= 4 is 29.5 Å². The Morgan fingerprint density at radius 3 is 2.33 bits per heavy atom. The predicted molar refractivity (Wildman–Crippen MR) is 119 cm³/mol. The van der Waals surface area contributed by atoms with Crippen molar-refractivity contribution in [2.24, 2.45) is 0 Å². The zero-order valence-electron chi connectivity index (χ0n) is 17.0. The van der Waals surface area contributed by atoms with Crippen LogP contribution in [0.1, 0.15) is 15.9 Å². The van der Waals surface area contributed by atoms with Crippen LogP contribution in [-0.4, -0.2) is 68.0 Å². The highest BCUT2D eigenvalue weighted by atomic mass is 35.5. The van der Waals surface area contributed by atoms with Crippen LogP contribution in [0.25, 0.3) is 6.08 Å². The normalized spacial score (nSPS) is 14.7. The second-order valence-electron chi connectivity index (χ2n) is 7.04. The van der Waals surface area contributed by atoms with E-state index in [1.807, 2.05) is 17.0 Å². The number of hydrogen-bond acceptors (Lipinski definition) is 4. The number of benzene rings is 2. The van der Waals surface area contributed by atoms with Crippen molar-refractivity contribution in [3.05, 3.63) is 70.8 Å². The number of nitrogens with one attached hydrogen (secondary N) is 1. The number of halogens is 1. The van der Waals surface area contributed by atoms with E-state index in [9.17, 15) is 9.59 Å². The largest absolute Gasteiger partial charge is 0.497 e. The van der Waals surface area contributed by atoms with Crippen molar-refractivity contribution < 1.29 is 14.3 Å². The SMILES string of the molecule is COc1ccc(C(=O)NCCN2CCN(C(=O)C=Cc3ccc(Cl)cc3)CC2)cc1. The molecule has 0 aliphatic carbocycles. The minimum absolute atomic E-state index is 0.0115. The van der Waals surface area contributed by atoms with Gasteiger partial charge >= 0.3 is 0 Å². The van der Waals surface area contributed by atoms with Crippen LogP contribution in [0.2, 0.25) is 5.02 Å². The molecule has 0 radical (unpaired) electrons. The topological polar surface area (TPSA) is 61.9 Å². The van der Waals surface area contributed by atoms with E-state index in [4.69, 9.17) is 16.3 Å². The molecule has 158 valence electrons. The van der Waals surface area contributed by atoms with Gasteiger partial charge in [-0.05, 0) is 48.0 Å². The number of amides is 2. The molecule has 0 atom stereocenters. The molecule has 7 heteroatoms. The van der Waals surface area contributed by atoms with Crippen molar-refractivity contribution in [1.29, 1.82) is 0 Å². The maximum absolute atomic E-state index is 12.4. The molecule has 1 aliphatic rings. The van der Waals surface area contributed by atoms with Crippen molar-refractivity contribution in [3.63, 3.8) is 0 Å². The maximum atomic E-state index is 12.4. The fraction of sp³-hybridized carbons (Fsp3) is 0.304. The molecule has 30 heavy (non-hydrogen) atoms. The number of nitrogens with zero attached hydrogens (tertiary/aromatic N) is 2. The molecule has 1 saturated heterocycles. The van der Waals surface area contributed by atoms with E-state index in [1.165, 1.54) is 0 Å². The first-order valence-electron chi connectivity index (χ1n) is 9.92. The Balaban J connectivity index is 1.37. The lowest BCUT2D eigenvalue weighted by Crippen LogP contribution is -2.49. The predicted octanol–water partition coefficient (Wildman–Crippen LogP) is 2.94. The molecular weight excluding hydrogens is 402 g/mol. The monoisotopic (exact) mass is 427 g/mol. The second-order valence-corrected chi connectivity index (χ2v) is 7.47. The van der Waals surface area contributed by atoms with Gasteiger partial charge in [-0.25, -0.2) is 0 Å². The van der Waals surface area contributed by atoms with E-state index < -0.39 is 0 Å². The summed E-state index contributed by atoms with van der Waals surface area (Å²) < 4.78 is 5.10. The van der Waals surface area contributed by atoms with Crippen LogP contribution in [0.4, 0.5) is 0 Å². The molecule has 2 aromatic rings. The second kappa shape index (κ2) is 10.8. The minimum atomic E-state index is -0.0983. The van der Waals surface area contributed by atoms with Gasteiger partial charge in [0.1, 0.15) is 5.75 Å². The Labute approximate surface area is 182 Å². The number of carbonyl (C=O) groups excluding carboxylic acids is 2. The van der Waals surface area contributed by atoms with Crippen LogP contribution in [0, 0.1) is 0 Å². The number of methoxy groups -OCH3 is 1. The fourth-order valence-corrected chi connectivity index (χ4v) is 3.34. The van der Waals surface area contributed by atoms with E-state index in [1.54, 1.807) is 55.7 Å². The Bertz CT molecular complexity index is 874. The Hall–Kier alpha value is -2.83. The highest BCUT2D eigenvalue weighted by molar-refractivity contribution is 6.30. The molecule has 0 saturated carbocycles. The number of rotatable bonds is 7. The van der Waals surface area contributed by atoms with E-state index in [0.29, 0.717) is 30.2 Å². The third-order valence-electron chi connectivity index (χ3n) is 5.04. The van der Waals surface area contributed by atoms with Crippen LogP contribution in [0.15, 0.2) is 54.6 Å². The summed E-state index contributed by atoms with van der Waals surface area (Å²) in [5.74, 6) is 0.637. The first kappa shape index (κ1) is 21.9. The highest BCUT2D eigenvalue weighted by Gasteiger charge is 2.19. The summed E-state index contributed by atoms with van der Waals surface area (Å²) in [6, 6.07) is 14.4. The molecule has 2 amide bonds. The van der Waals surface area contributed by atoms with E-state index >= 15 is 0 Å². The molecule has 0 aromatic heterocycles. The first-order valence-corrected chi connectivity index (χ1v) is 10.3. The smallest absolute Gasteiger partial charge is 0.251 e. The van der Waals surface area contributed by atoms with Gasteiger partial charge in [0.2, 0.25) is 5.91 Å². The molecule has 0 bridgehead atoms. The maximum Gasteiger partial charge on any atom is 0.251 e. The highest BCUT2D eigenvalue weighted by Crippen LogP contribution is 2.12. The van der Waals surface area contributed by atoms with Crippen LogP contribution in [-0.2, 0) is 4.79 Å². The quantitative estimate of drug-likeness (QED) is 0.690. The van der Waals surface area contributed by atoms with Gasteiger partial charge in [-0.3, -0.25) is 14.5 Å². The number of piperazine rings is 1. The summed E-state index contributed by atoms with van der Waals surface area (Å²) in [5, 5.41) is 3.61. The molecule has 1 fully saturated rings. The van der Waals surface area contributed by atoms with Crippen molar-refractivity contribution in [2.45, 2.75) is 0 Å². The average molecular weight is 428 g/mol. The lowest BCUT2D eigenvalue weighted by atomic mass is 10.2. The Morgan fingerprint density at radius 1 is 1.03 bits per heavy atom. The number of hydrogen-bond donors (Lipinski definition) is 1. The molecular formula is C23H26ClN3O3. The van der Waals surface area contributed by atoms with E-state index in [0.717, 1.165) is 30.9 Å². The van der Waals surface area contributed by atoms with E-state index in [2.05, 4.69) is 10.2 Å². The zero-order chi connectivity index (χ0) is 21.3. The number of ether oxygens (including phenoxy) is 1. The van der Waals surface area contributed by atoms with Crippen molar-refractivity contribution in [3.8, 4) is 5.75 Å². The third kappa shape index (κ3) is 6.34. The van der Waals surface area contributed by atoms with Crippen LogP contribution in [0.5, 0.6) is 5.75 Å². The minimum Gasteiger partial charge on any atom is -0.497 e. The molecule has 0 spiro atoms. The fourth-order valence-electron chi connectivity index (χ4n) is 3.21. The Morgan fingerprint density at radius 2 is 1.70 bits per heavy atom. The van der Waals surface area contributed by atoms with Gasteiger partial charge in [-0.1, -0.05) is 23.7 Å². The van der Waals surface area contributed by atoms with E-state index in [-0.39, 0.29) is 11.8 Å². The van der Waals surface area contributed by atoms with Gasteiger partial charge in [0.25, 0.3) is 5.91 Å². The zero-order valence-corrected chi connectivity index (χ0v) is 17.8. The molecule has 1 heterocycles. The lowest BCUT2D eigenvalue weighted by molar-refractivity contribution is -0.127. The molecule has 0 unspecified atom stereocenters. The lowest BCUT2D eigenvalue weighted by Gasteiger charge is -2.34. The van der Waals surface area contributed by atoms with Gasteiger partial charge in [0.15, 0.2) is 0 Å². The number of carbonyl (C=O) groups is 2. The molecule has 6 nitrogen and oxygen atoms in total. The molecule has 2 aromatic carbocycles. The van der Waals surface area contributed by atoms with Gasteiger partial charge in [-0.2, -0.15) is 0 Å². The molecule has 3 rings (SSSR count). The molecule has 1 aliphatic heterocycles. The molecule has 1 N–H and O–H groups in total. The van der Waals surface area contributed by atoms with Gasteiger partial charge < -0.3 is 15.0 Å². The summed E-state index contributed by atoms with van der Waals surface area (Å²) in [7, 11) is 1.60. The summed E-state index contributed by atoms with van der Waals surface area (Å²) in [6.07, 6.45) is 3.41. The van der Waals surface area contributed by atoms with Crippen molar-refractivity contribution in [2.75, 3.05) is 46.4 Å². The van der Waals surface area contributed by atoms with Gasteiger partial charge in [0.05, 0.1) is 7.11 Å². The van der Waals surface area contributed by atoms with Gasteiger partial charge in [-0.15, -0.1) is 0 Å². The average Bonchev–Trinajstić information content (AvgIpc) is 2.79. The first-order chi connectivity index (χ1) is 14.5. The summed E-state index contributed by atoms with van der Waals surface area (Å²) >= 11 is 5.87. The Kier molecular flexibility index (Phi) is 7.88. The third-order valence-corrected chi connectivity index (χ3v) is 5.29. The van der Waals surface area contributed by atoms with Gasteiger partial charge in [0, 0.05) is 55.9 Å². The summed E-state index contributed by atoms with van der Waals surface area (Å²) in [5.41, 5.74) is 1.55. The summed E-state index contributed by atoms with van der Waals surface area (Å²) in [4.78, 5) is 28.7. The van der Waals surface area contributed by atoms with Crippen LogP contribution < -0.4 is 10.1 Å². The van der Waals surface area contributed by atoms with Crippen LogP contribution >= 0.6 is 11.6 Å². The standard InChI is InChI=1S/C23H26ClN3O3/c1-30-21-9-5-19(6-10-21)23(29)25-12-13-26-14-16-27(17-15-26)22(28)11-4-18-2-7-20(24)8-3-18/h2-11H,12-17H2,1H3,(H,25,29).